The molecule has 0 fully saturated rings. The van der Waals surface area contributed by atoms with Crippen molar-refractivity contribution in [2.24, 2.45) is 15.7 Å². The molecule has 0 saturated heterocycles. The Kier molecular flexibility index (Phi) is 1.93. The van der Waals surface area contributed by atoms with Crippen LogP contribution in [0.4, 0.5) is 0 Å². The fraction of sp³-hybridized carbons (Fsp3) is 0.125. The van der Waals surface area contributed by atoms with Crippen LogP contribution < -0.4 is 5.73 Å². The molecule has 76 valence electrons. The topological polar surface area (TPSA) is 111 Å². The molecule has 2 aliphatic rings. The molecule has 2 N–H and O–H groups in total. The second kappa shape index (κ2) is 3.12. The predicted octanol–water partition coefficient (Wildman–Crippen LogP) is -0.576. The average molecular weight is 206 g/mol. The lowest BCUT2D eigenvalue weighted by Crippen LogP contribution is -2.28. The van der Waals surface area contributed by atoms with Crippen LogP contribution in [0.2, 0.25) is 0 Å². The number of nitrogens with two attached hydrogens (primary N) is 1. The lowest BCUT2D eigenvalue weighted by molar-refractivity contribution is -0.496. The summed E-state index contributed by atoms with van der Waals surface area (Å²) in [5, 5.41) is 10.5. The van der Waals surface area contributed by atoms with Gasteiger partial charge in [0, 0.05) is 11.0 Å². The summed E-state index contributed by atoms with van der Waals surface area (Å²) in [7, 11) is 0. The van der Waals surface area contributed by atoms with E-state index in [-0.39, 0.29) is 11.5 Å². The van der Waals surface area contributed by atoms with Crippen molar-refractivity contribution in [3.05, 3.63) is 33.9 Å². The van der Waals surface area contributed by atoms with Crippen molar-refractivity contribution in [3.8, 4) is 0 Å². The second-order valence-electron chi connectivity index (χ2n) is 2.99. The van der Waals surface area contributed by atoms with Crippen molar-refractivity contribution in [3.63, 3.8) is 0 Å². The quantitative estimate of drug-likeness (QED) is 0.457. The molecule has 1 aliphatic heterocycles. The molecule has 0 aromatic heterocycles. The minimum Gasteiger partial charge on any atom is -0.368 e. The smallest absolute Gasteiger partial charge is 0.282 e. The van der Waals surface area contributed by atoms with E-state index < -0.39 is 16.9 Å². The predicted molar refractivity (Wildman–Crippen MR) is 52.1 cm³/mol. The molecule has 0 radical (unpaired) electrons. The molecular weight excluding hydrogens is 200 g/mol. The zero-order valence-corrected chi connectivity index (χ0v) is 7.45. The standard InChI is InChI=1S/C8H6N4O3/c9-8-10-6-2-1-4(12(14)15)3-5(6)7(13)11-8/h1-4H,(H2,9,11,13). The number of fused-ring (bicyclic) bond motifs is 1. The number of amides is 1. The Morgan fingerprint density at radius 2 is 2.20 bits per heavy atom. The van der Waals surface area contributed by atoms with E-state index in [2.05, 4.69) is 9.98 Å². The largest absolute Gasteiger partial charge is 0.368 e. The lowest BCUT2D eigenvalue weighted by Gasteiger charge is -2.13. The molecule has 0 bridgehead atoms. The van der Waals surface area contributed by atoms with Crippen molar-refractivity contribution in [2.75, 3.05) is 0 Å². The van der Waals surface area contributed by atoms with E-state index in [9.17, 15) is 14.9 Å². The first-order valence-corrected chi connectivity index (χ1v) is 4.09. The highest BCUT2D eigenvalue weighted by Gasteiger charge is 2.27. The Bertz CT molecular complexity index is 472. The number of rotatable bonds is 1. The van der Waals surface area contributed by atoms with Gasteiger partial charge >= 0.3 is 0 Å². The van der Waals surface area contributed by atoms with Crippen molar-refractivity contribution in [1.29, 1.82) is 0 Å². The highest BCUT2D eigenvalue weighted by Crippen LogP contribution is 2.16. The molecule has 15 heavy (non-hydrogen) atoms. The maximum Gasteiger partial charge on any atom is 0.282 e. The third-order valence-corrected chi connectivity index (χ3v) is 1.99. The number of guanidine groups is 1. The van der Waals surface area contributed by atoms with E-state index in [4.69, 9.17) is 5.73 Å². The summed E-state index contributed by atoms with van der Waals surface area (Å²) >= 11 is 0. The van der Waals surface area contributed by atoms with Crippen LogP contribution >= 0.6 is 0 Å². The van der Waals surface area contributed by atoms with Gasteiger partial charge in [-0.05, 0) is 12.2 Å². The summed E-state index contributed by atoms with van der Waals surface area (Å²) < 4.78 is 0. The van der Waals surface area contributed by atoms with Gasteiger partial charge in [0.25, 0.3) is 11.9 Å². The Balaban J connectivity index is 2.42. The third-order valence-electron chi connectivity index (χ3n) is 1.99. The SMILES string of the molecule is NC1=NC(=O)C2=CC([N+](=O)[O-])C=CC2=N1. The summed E-state index contributed by atoms with van der Waals surface area (Å²) in [5.74, 6) is -0.718. The number of carbonyl (C=O) groups is 1. The molecule has 1 aliphatic carbocycles. The van der Waals surface area contributed by atoms with Crippen molar-refractivity contribution in [1.82, 2.24) is 0 Å². The molecule has 1 heterocycles. The van der Waals surface area contributed by atoms with E-state index >= 15 is 0 Å². The van der Waals surface area contributed by atoms with Gasteiger partial charge in [0.15, 0.2) is 0 Å². The molecule has 0 spiro atoms. The summed E-state index contributed by atoms with van der Waals surface area (Å²) in [6.07, 6.45) is 3.97. The first kappa shape index (κ1) is 9.25. The van der Waals surface area contributed by atoms with E-state index in [0.29, 0.717) is 5.71 Å². The normalized spacial score (nSPS) is 23.9. The Labute approximate surface area is 83.8 Å². The van der Waals surface area contributed by atoms with E-state index in [1.165, 1.54) is 18.2 Å². The Morgan fingerprint density at radius 3 is 2.87 bits per heavy atom. The van der Waals surface area contributed by atoms with E-state index in [1.807, 2.05) is 0 Å². The number of nitrogens with zero attached hydrogens (tertiary/aromatic N) is 3. The number of nitro groups is 1. The van der Waals surface area contributed by atoms with Crippen LogP contribution in [-0.4, -0.2) is 28.5 Å². The van der Waals surface area contributed by atoms with Crippen LogP contribution in [0.25, 0.3) is 0 Å². The van der Waals surface area contributed by atoms with Gasteiger partial charge in [0.1, 0.15) is 0 Å². The van der Waals surface area contributed by atoms with Gasteiger partial charge in [-0.3, -0.25) is 14.9 Å². The summed E-state index contributed by atoms with van der Waals surface area (Å²) in [6.45, 7) is 0. The van der Waals surface area contributed by atoms with Gasteiger partial charge in [-0.15, -0.1) is 0 Å². The number of aliphatic imine (C=N–C) groups is 2. The zero-order chi connectivity index (χ0) is 11.0. The number of carbonyl (C=O) groups excluding carboxylic acids is 1. The zero-order valence-electron chi connectivity index (χ0n) is 7.45. The molecule has 0 saturated carbocycles. The molecule has 2 rings (SSSR count). The number of hydrogen-bond acceptors (Lipinski definition) is 5. The number of allylic oxidation sites excluding steroid dienone is 1. The van der Waals surface area contributed by atoms with Gasteiger partial charge in [0.05, 0.1) is 11.3 Å². The van der Waals surface area contributed by atoms with Crippen molar-refractivity contribution < 1.29 is 9.72 Å². The van der Waals surface area contributed by atoms with Gasteiger partial charge in [-0.25, -0.2) is 4.99 Å². The van der Waals surface area contributed by atoms with Crippen LogP contribution in [0.15, 0.2) is 33.8 Å². The molecule has 0 aromatic rings. The van der Waals surface area contributed by atoms with E-state index in [0.717, 1.165) is 0 Å². The van der Waals surface area contributed by atoms with Crippen molar-refractivity contribution in [2.45, 2.75) is 6.04 Å². The molecule has 7 heteroatoms. The van der Waals surface area contributed by atoms with Gasteiger partial charge in [-0.2, -0.15) is 4.99 Å². The van der Waals surface area contributed by atoms with Crippen LogP contribution in [-0.2, 0) is 4.79 Å². The van der Waals surface area contributed by atoms with Gasteiger partial charge < -0.3 is 5.73 Å². The number of hydrogen-bond donors (Lipinski definition) is 1. The minimum atomic E-state index is -1.00. The molecule has 0 aromatic carbocycles. The fourth-order valence-corrected chi connectivity index (χ4v) is 1.31. The molecule has 7 nitrogen and oxygen atoms in total. The summed E-state index contributed by atoms with van der Waals surface area (Å²) in [4.78, 5) is 28.5. The van der Waals surface area contributed by atoms with Crippen molar-refractivity contribution >= 4 is 17.6 Å². The van der Waals surface area contributed by atoms with Crippen LogP contribution in [0.5, 0.6) is 0 Å². The highest BCUT2D eigenvalue weighted by atomic mass is 16.6. The Hall–Kier alpha value is -2.31. The average Bonchev–Trinajstić information content (AvgIpc) is 2.16. The van der Waals surface area contributed by atoms with Crippen LogP contribution in [0.1, 0.15) is 0 Å². The molecule has 1 atom stereocenters. The molecule has 1 amide bonds. The summed E-state index contributed by atoms with van der Waals surface area (Å²) in [5.41, 5.74) is 5.73. The monoisotopic (exact) mass is 206 g/mol. The van der Waals surface area contributed by atoms with E-state index in [1.54, 1.807) is 0 Å². The summed E-state index contributed by atoms with van der Waals surface area (Å²) in [6, 6.07) is -1.00. The minimum absolute atomic E-state index is 0.128. The maximum absolute atomic E-state index is 11.3. The fourth-order valence-electron chi connectivity index (χ4n) is 1.31. The third kappa shape index (κ3) is 1.54. The van der Waals surface area contributed by atoms with Gasteiger partial charge in [-0.1, -0.05) is 0 Å². The molecular formula is C8H6N4O3. The molecule has 1 unspecified atom stereocenters. The Morgan fingerprint density at radius 1 is 1.47 bits per heavy atom. The van der Waals surface area contributed by atoms with Crippen LogP contribution in [0, 0.1) is 10.1 Å². The first-order chi connectivity index (χ1) is 7.08. The highest BCUT2D eigenvalue weighted by molar-refractivity contribution is 6.32. The second-order valence-corrected chi connectivity index (χ2v) is 2.99. The first-order valence-electron chi connectivity index (χ1n) is 4.09. The van der Waals surface area contributed by atoms with Gasteiger partial charge in [0.2, 0.25) is 5.96 Å². The van der Waals surface area contributed by atoms with Crippen LogP contribution in [0.3, 0.4) is 0 Å². The lowest BCUT2D eigenvalue weighted by atomic mass is 9.99. The maximum atomic E-state index is 11.3.